The predicted molar refractivity (Wildman–Crippen MR) is 121 cm³/mol. The summed E-state index contributed by atoms with van der Waals surface area (Å²) in [4.78, 5) is 39.9. The second-order valence-electron chi connectivity index (χ2n) is 10.4. The van der Waals surface area contributed by atoms with Crippen LogP contribution in [0.25, 0.3) is 11.0 Å². The Bertz CT molecular complexity index is 1090. The van der Waals surface area contributed by atoms with E-state index >= 15 is 0 Å². The smallest absolute Gasteiger partial charge is 0.410 e. The molecular formula is C24H30N4O5. The maximum atomic E-state index is 12.7. The third-order valence-electron chi connectivity index (χ3n) is 6.78. The lowest BCUT2D eigenvalue weighted by molar-refractivity contribution is -0.120. The van der Waals surface area contributed by atoms with Crippen LogP contribution in [-0.2, 0) is 16.0 Å². The third-order valence-corrected chi connectivity index (χ3v) is 6.78. The molecule has 2 aromatic rings. The summed E-state index contributed by atoms with van der Waals surface area (Å²) in [5, 5.41) is 7.20. The van der Waals surface area contributed by atoms with Crippen LogP contribution in [0.4, 0.5) is 15.4 Å². The number of amides is 4. The molecule has 3 fully saturated rings. The first-order chi connectivity index (χ1) is 15.7. The molecule has 3 aliphatic rings. The van der Waals surface area contributed by atoms with Gasteiger partial charge in [0.1, 0.15) is 5.60 Å². The fourth-order valence-electron chi connectivity index (χ4n) is 5.46. The zero-order valence-corrected chi connectivity index (χ0v) is 19.3. The van der Waals surface area contributed by atoms with Gasteiger partial charge in [0.05, 0.1) is 5.39 Å². The van der Waals surface area contributed by atoms with E-state index in [1.807, 2.05) is 43.9 Å². The lowest BCUT2D eigenvalue weighted by atomic mass is 9.86. The van der Waals surface area contributed by atoms with Gasteiger partial charge in [-0.05, 0) is 76.5 Å². The lowest BCUT2D eigenvalue weighted by Gasteiger charge is -2.39. The van der Waals surface area contributed by atoms with Crippen LogP contribution in [0.2, 0.25) is 0 Å². The van der Waals surface area contributed by atoms with Gasteiger partial charge in [0.15, 0.2) is 11.4 Å². The first kappa shape index (κ1) is 21.7. The van der Waals surface area contributed by atoms with E-state index in [-0.39, 0.29) is 37.0 Å². The number of aromatic nitrogens is 1. The minimum atomic E-state index is -0.488. The fourth-order valence-corrected chi connectivity index (χ4v) is 5.46. The summed E-state index contributed by atoms with van der Waals surface area (Å²) in [6.45, 7) is 5.99. The number of nitrogens with one attached hydrogen (secondary N) is 1. The Hall–Kier alpha value is -3.10. The molecule has 9 heteroatoms. The van der Waals surface area contributed by atoms with E-state index in [0.29, 0.717) is 17.3 Å². The van der Waals surface area contributed by atoms with Crippen LogP contribution in [0.15, 0.2) is 22.7 Å². The van der Waals surface area contributed by atoms with Crippen molar-refractivity contribution < 1.29 is 23.6 Å². The van der Waals surface area contributed by atoms with Gasteiger partial charge in [-0.3, -0.25) is 15.0 Å². The summed E-state index contributed by atoms with van der Waals surface area (Å²) in [6.07, 6.45) is 4.90. The van der Waals surface area contributed by atoms with Crippen LogP contribution in [0, 0.1) is 5.92 Å². The second kappa shape index (κ2) is 8.04. The van der Waals surface area contributed by atoms with E-state index in [1.165, 1.54) is 4.90 Å². The molecule has 2 bridgehead atoms. The molecule has 1 aromatic carbocycles. The SMILES string of the molecule is CC(C)(C)OC(=O)N1C2CCC1CC(Cc1ccc3onc(N4CCC(=O)NC4=O)c3c1)C2. The highest BCUT2D eigenvalue weighted by atomic mass is 16.6. The Balaban J connectivity index is 1.30. The zero-order valence-electron chi connectivity index (χ0n) is 19.3. The van der Waals surface area contributed by atoms with Gasteiger partial charge < -0.3 is 14.2 Å². The van der Waals surface area contributed by atoms with Crippen molar-refractivity contribution in [1.29, 1.82) is 0 Å². The van der Waals surface area contributed by atoms with E-state index < -0.39 is 11.6 Å². The number of urea groups is 1. The molecule has 1 N–H and O–H groups in total. The summed E-state index contributed by atoms with van der Waals surface area (Å²) >= 11 is 0. The van der Waals surface area contributed by atoms with Crippen molar-refractivity contribution >= 4 is 34.8 Å². The van der Waals surface area contributed by atoms with E-state index in [9.17, 15) is 14.4 Å². The van der Waals surface area contributed by atoms with Crippen LogP contribution in [0.1, 0.15) is 58.4 Å². The van der Waals surface area contributed by atoms with Crippen LogP contribution < -0.4 is 10.2 Å². The first-order valence-electron chi connectivity index (χ1n) is 11.7. The van der Waals surface area contributed by atoms with Gasteiger partial charge in [0, 0.05) is 25.0 Å². The summed E-state index contributed by atoms with van der Waals surface area (Å²) in [5.41, 5.74) is 1.27. The standard InChI is InChI=1S/C24H30N4O5/c1-24(2,3)32-23(31)28-16-5-6-17(28)12-15(11-16)10-14-4-7-19-18(13-14)21(26-33-19)27-9-8-20(29)25-22(27)30/h4,7,13,15-17H,5-6,8-12H2,1-3H3,(H,25,29,30). The molecule has 33 heavy (non-hydrogen) atoms. The normalized spacial score (nSPS) is 25.5. The monoisotopic (exact) mass is 454 g/mol. The molecule has 5 rings (SSSR count). The number of fused-ring (bicyclic) bond motifs is 3. The van der Waals surface area contributed by atoms with E-state index in [0.717, 1.165) is 43.1 Å². The van der Waals surface area contributed by atoms with Crippen LogP contribution >= 0.6 is 0 Å². The van der Waals surface area contributed by atoms with Gasteiger partial charge in [0.2, 0.25) is 5.91 Å². The molecule has 3 aliphatic heterocycles. The molecule has 0 spiro atoms. The van der Waals surface area contributed by atoms with Gasteiger partial charge in [-0.1, -0.05) is 11.2 Å². The molecule has 1 aromatic heterocycles. The van der Waals surface area contributed by atoms with Crippen LogP contribution in [0.3, 0.4) is 0 Å². The number of hydrogen-bond donors (Lipinski definition) is 1. The number of benzene rings is 1. The average Bonchev–Trinajstić information content (AvgIpc) is 3.25. The van der Waals surface area contributed by atoms with Crippen molar-refractivity contribution in [1.82, 2.24) is 15.4 Å². The number of nitrogens with zero attached hydrogens (tertiary/aromatic N) is 3. The lowest BCUT2D eigenvalue weighted by Crippen LogP contribution is -2.49. The van der Waals surface area contributed by atoms with E-state index in [4.69, 9.17) is 9.26 Å². The number of hydrogen-bond acceptors (Lipinski definition) is 6. The van der Waals surface area contributed by atoms with Crippen molar-refractivity contribution in [3.05, 3.63) is 23.8 Å². The van der Waals surface area contributed by atoms with Gasteiger partial charge in [-0.25, -0.2) is 9.59 Å². The van der Waals surface area contributed by atoms with Gasteiger partial charge in [0.25, 0.3) is 0 Å². The summed E-state index contributed by atoms with van der Waals surface area (Å²) in [5.74, 6) is 0.631. The van der Waals surface area contributed by atoms with Gasteiger partial charge in [-0.2, -0.15) is 0 Å². The van der Waals surface area contributed by atoms with Crippen molar-refractivity contribution in [3.8, 4) is 0 Å². The minimum Gasteiger partial charge on any atom is -0.444 e. The molecular weight excluding hydrogens is 424 g/mol. The van der Waals surface area contributed by atoms with Crippen molar-refractivity contribution in [3.63, 3.8) is 0 Å². The topological polar surface area (TPSA) is 105 Å². The number of piperidine rings is 1. The number of rotatable bonds is 3. The van der Waals surface area contributed by atoms with Crippen LogP contribution in [-0.4, -0.2) is 52.3 Å². The molecule has 0 saturated carbocycles. The van der Waals surface area contributed by atoms with Gasteiger partial charge >= 0.3 is 12.1 Å². The summed E-state index contributed by atoms with van der Waals surface area (Å²) in [7, 11) is 0. The highest BCUT2D eigenvalue weighted by Gasteiger charge is 2.44. The summed E-state index contributed by atoms with van der Waals surface area (Å²) in [6, 6.07) is 5.95. The number of anilines is 1. The minimum absolute atomic E-state index is 0.192. The highest BCUT2D eigenvalue weighted by Crippen LogP contribution is 2.41. The Kier molecular flexibility index (Phi) is 5.29. The van der Waals surface area contributed by atoms with Crippen molar-refractivity contribution in [2.45, 2.75) is 77.0 Å². The highest BCUT2D eigenvalue weighted by molar-refractivity contribution is 6.08. The molecule has 4 heterocycles. The first-order valence-corrected chi connectivity index (χ1v) is 11.7. The molecule has 9 nitrogen and oxygen atoms in total. The largest absolute Gasteiger partial charge is 0.444 e. The van der Waals surface area contributed by atoms with Gasteiger partial charge in [-0.15, -0.1) is 0 Å². The number of imide groups is 1. The molecule has 2 atom stereocenters. The average molecular weight is 455 g/mol. The molecule has 2 unspecified atom stereocenters. The Morgan fingerprint density at radius 3 is 2.61 bits per heavy atom. The fraction of sp³-hybridized carbons (Fsp3) is 0.583. The molecule has 0 radical (unpaired) electrons. The quantitative estimate of drug-likeness (QED) is 0.752. The Morgan fingerprint density at radius 2 is 1.94 bits per heavy atom. The third kappa shape index (κ3) is 4.28. The predicted octanol–water partition coefficient (Wildman–Crippen LogP) is 3.99. The number of carbonyl (C=O) groups is 3. The number of ether oxygens (including phenoxy) is 1. The molecule has 4 amide bonds. The molecule has 176 valence electrons. The summed E-state index contributed by atoms with van der Waals surface area (Å²) < 4.78 is 11.1. The second-order valence-corrected chi connectivity index (χ2v) is 10.4. The Labute approximate surface area is 192 Å². The van der Waals surface area contributed by atoms with Crippen molar-refractivity contribution in [2.24, 2.45) is 5.92 Å². The zero-order chi connectivity index (χ0) is 23.3. The maximum absolute atomic E-state index is 12.7. The van der Waals surface area contributed by atoms with Crippen LogP contribution in [0.5, 0.6) is 0 Å². The van der Waals surface area contributed by atoms with E-state index in [1.54, 1.807) is 0 Å². The van der Waals surface area contributed by atoms with E-state index in [2.05, 4.69) is 10.5 Å². The maximum Gasteiger partial charge on any atom is 0.410 e. The number of carbonyl (C=O) groups excluding carboxylic acids is 3. The Morgan fingerprint density at radius 1 is 1.21 bits per heavy atom. The molecule has 3 saturated heterocycles. The van der Waals surface area contributed by atoms with Crippen molar-refractivity contribution in [2.75, 3.05) is 11.4 Å². The molecule has 0 aliphatic carbocycles.